The minimum absolute atomic E-state index is 0.0226. The van der Waals surface area contributed by atoms with Gasteiger partial charge in [-0.1, -0.05) is 0 Å². The molecule has 0 fully saturated rings. The number of rotatable bonds is 7. The van der Waals surface area contributed by atoms with Crippen LogP contribution in [-0.2, 0) is 16.0 Å². The molecular formula is C13H17N3O3S. The molecule has 2 aromatic rings. The predicted molar refractivity (Wildman–Crippen MR) is 75.9 cm³/mol. The molecule has 20 heavy (non-hydrogen) atoms. The van der Waals surface area contributed by atoms with E-state index in [1.54, 1.807) is 0 Å². The van der Waals surface area contributed by atoms with Crippen LogP contribution >= 0.6 is 11.3 Å². The topological polar surface area (TPSA) is 83.7 Å². The Morgan fingerprint density at radius 3 is 3.05 bits per heavy atom. The molecule has 0 aliphatic heterocycles. The number of carbonyl (C=O) groups is 2. The lowest BCUT2D eigenvalue weighted by Gasteiger charge is -2.12. The van der Waals surface area contributed by atoms with Crippen LogP contribution in [0.5, 0.6) is 0 Å². The Morgan fingerprint density at radius 1 is 1.55 bits per heavy atom. The SMILES string of the molecule is CC(CCCC(=O)O)NC(=O)Cc1cn2ccsc2n1. The smallest absolute Gasteiger partial charge is 0.303 e. The van der Waals surface area contributed by atoms with Crippen LogP contribution < -0.4 is 5.32 Å². The molecule has 1 atom stereocenters. The van der Waals surface area contributed by atoms with E-state index < -0.39 is 5.97 Å². The first-order valence-electron chi connectivity index (χ1n) is 6.47. The zero-order valence-electron chi connectivity index (χ0n) is 11.2. The van der Waals surface area contributed by atoms with Crippen LogP contribution in [0.4, 0.5) is 0 Å². The molecule has 0 saturated carbocycles. The van der Waals surface area contributed by atoms with Gasteiger partial charge < -0.3 is 10.4 Å². The Morgan fingerprint density at radius 2 is 2.35 bits per heavy atom. The maximum Gasteiger partial charge on any atom is 0.303 e. The number of carboxylic acid groups (broad SMARTS) is 1. The standard InChI is InChI=1S/C13H17N3O3S/c1-9(3-2-4-12(18)19)14-11(17)7-10-8-16-5-6-20-13(16)15-10/h5-6,8-9H,2-4,7H2,1H3,(H,14,17)(H,18,19). The normalized spacial score (nSPS) is 12.4. The van der Waals surface area contributed by atoms with Crippen molar-refractivity contribution in [2.45, 2.75) is 38.6 Å². The van der Waals surface area contributed by atoms with E-state index in [-0.39, 0.29) is 24.8 Å². The van der Waals surface area contributed by atoms with E-state index in [0.717, 1.165) is 10.7 Å². The largest absolute Gasteiger partial charge is 0.481 e. The summed E-state index contributed by atoms with van der Waals surface area (Å²) in [4.78, 5) is 27.5. The van der Waals surface area contributed by atoms with Crippen LogP contribution in [0.15, 0.2) is 17.8 Å². The van der Waals surface area contributed by atoms with Crippen LogP contribution in [0.25, 0.3) is 4.96 Å². The van der Waals surface area contributed by atoms with Gasteiger partial charge in [0.2, 0.25) is 5.91 Å². The lowest BCUT2D eigenvalue weighted by molar-refractivity contribution is -0.137. The zero-order chi connectivity index (χ0) is 14.5. The van der Waals surface area contributed by atoms with Gasteiger partial charge in [-0.15, -0.1) is 11.3 Å². The van der Waals surface area contributed by atoms with Crippen LogP contribution in [-0.4, -0.2) is 32.4 Å². The highest BCUT2D eigenvalue weighted by Gasteiger charge is 2.11. The molecule has 1 unspecified atom stereocenters. The number of aromatic nitrogens is 2. The van der Waals surface area contributed by atoms with E-state index in [2.05, 4.69) is 10.3 Å². The highest BCUT2D eigenvalue weighted by molar-refractivity contribution is 7.15. The Balaban J connectivity index is 1.77. The van der Waals surface area contributed by atoms with Gasteiger partial charge in [0, 0.05) is 30.2 Å². The predicted octanol–water partition coefficient (Wildman–Crippen LogP) is 1.70. The van der Waals surface area contributed by atoms with Crippen LogP contribution in [0, 0.1) is 0 Å². The molecule has 0 aliphatic rings. The summed E-state index contributed by atoms with van der Waals surface area (Å²) in [6.07, 6.45) is 5.37. The molecule has 2 aromatic heterocycles. The molecule has 0 aliphatic carbocycles. The lowest BCUT2D eigenvalue weighted by Crippen LogP contribution is -2.33. The van der Waals surface area contributed by atoms with Crippen molar-refractivity contribution in [3.05, 3.63) is 23.5 Å². The van der Waals surface area contributed by atoms with E-state index >= 15 is 0 Å². The second-order valence-electron chi connectivity index (χ2n) is 4.76. The number of nitrogens with zero attached hydrogens (tertiary/aromatic N) is 2. The fourth-order valence-electron chi connectivity index (χ4n) is 1.98. The summed E-state index contributed by atoms with van der Waals surface area (Å²) >= 11 is 1.53. The van der Waals surface area contributed by atoms with Crippen molar-refractivity contribution in [1.82, 2.24) is 14.7 Å². The van der Waals surface area contributed by atoms with Crippen molar-refractivity contribution in [1.29, 1.82) is 0 Å². The van der Waals surface area contributed by atoms with E-state index in [1.165, 1.54) is 11.3 Å². The second kappa shape index (κ2) is 6.51. The highest BCUT2D eigenvalue weighted by atomic mass is 32.1. The average molecular weight is 295 g/mol. The molecule has 0 aromatic carbocycles. The van der Waals surface area contributed by atoms with Crippen molar-refractivity contribution in [3.8, 4) is 0 Å². The first-order chi connectivity index (χ1) is 9.54. The van der Waals surface area contributed by atoms with Gasteiger partial charge in [0.15, 0.2) is 4.96 Å². The molecule has 2 N–H and O–H groups in total. The Labute approximate surface area is 120 Å². The molecular weight excluding hydrogens is 278 g/mol. The molecule has 2 heterocycles. The number of thiazole rings is 1. The number of hydrogen-bond acceptors (Lipinski definition) is 4. The molecule has 7 heteroatoms. The van der Waals surface area contributed by atoms with Crippen LogP contribution in [0.1, 0.15) is 31.9 Å². The molecule has 108 valence electrons. The summed E-state index contributed by atoms with van der Waals surface area (Å²) in [6, 6.07) is -0.0226. The number of imidazole rings is 1. The van der Waals surface area contributed by atoms with Crippen molar-refractivity contribution < 1.29 is 14.7 Å². The summed E-state index contributed by atoms with van der Waals surface area (Å²) < 4.78 is 1.89. The van der Waals surface area contributed by atoms with Gasteiger partial charge in [-0.2, -0.15) is 0 Å². The van der Waals surface area contributed by atoms with Gasteiger partial charge >= 0.3 is 5.97 Å². The van der Waals surface area contributed by atoms with Gasteiger partial charge in [-0.05, 0) is 19.8 Å². The molecule has 0 radical (unpaired) electrons. The summed E-state index contributed by atoms with van der Waals surface area (Å²) in [5.41, 5.74) is 0.743. The Bertz CT molecular complexity index is 576. The zero-order valence-corrected chi connectivity index (χ0v) is 12.0. The number of carboxylic acids is 1. The van der Waals surface area contributed by atoms with E-state index in [0.29, 0.717) is 12.8 Å². The number of aliphatic carboxylic acids is 1. The molecule has 6 nitrogen and oxygen atoms in total. The minimum atomic E-state index is -0.804. The fraction of sp³-hybridized carbons (Fsp3) is 0.462. The van der Waals surface area contributed by atoms with E-state index in [4.69, 9.17) is 5.11 Å². The first-order valence-corrected chi connectivity index (χ1v) is 7.35. The van der Waals surface area contributed by atoms with Crippen molar-refractivity contribution in [3.63, 3.8) is 0 Å². The average Bonchev–Trinajstić information content (AvgIpc) is 2.88. The Kier molecular flexibility index (Phi) is 4.73. The molecule has 0 spiro atoms. The van der Waals surface area contributed by atoms with Gasteiger partial charge in [0.25, 0.3) is 0 Å². The summed E-state index contributed by atoms with van der Waals surface area (Å²) in [5, 5.41) is 13.4. The van der Waals surface area contributed by atoms with Crippen LogP contribution in [0.2, 0.25) is 0 Å². The van der Waals surface area contributed by atoms with Gasteiger partial charge in [-0.25, -0.2) is 4.98 Å². The number of amides is 1. The first kappa shape index (κ1) is 14.5. The third kappa shape index (κ3) is 4.06. The second-order valence-corrected chi connectivity index (χ2v) is 5.63. The maximum atomic E-state index is 11.8. The van der Waals surface area contributed by atoms with Gasteiger partial charge in [0.1, 0.15) is 0 Å². The van der Waals surface area contributed by atoms with Crippen molar-refractivity contribution in [2.24, 2.45) is 0 Å². The molecule has 2 rings (SSSR count). The minimum Gasteiger partial charge on any atom is -0.481 e. The number of carbonyl (C=O) groups excluding carboxylic acids is 1. The lowest BCUT2D eigenvalue weighted by atomic mass is 10.1. The van der Waals surface area contributed by atoms with E-state index in [9.17, 15) is 9.59 Å². The number of hydrogen-bond donors (Lipinski definition) is 2. The monoisotopic (exact) mass is 295 g/mol. The maximum absolute atomic E-state index is 11.8. The molecule has 1 amide bonds. The summed E-state index contributed by atoms with van der Waals surface area (Å²) in [5.74, 6) is -0.889. The molecule has 0 bridgehead atoms. The number of fused-ring (bicyclic) bond motifs is 1. The molecule has 0 saturated heterocycles. The fourth-order valence-corrected chi connectivity index (χ4v) is 2.70. The van der Waals surface area contributed by atoms with Crippen molar-refractivity contribution in [2.75, 3.05) is 0 Å². The number of nitrogens with one attached hydrogen (secondary N) is 1. The Hall–Kier alpha value is -1.89. The van der Waals surface area contributed by atoms with Gasteiger partial charge in [0.05, 0.1) is 12.1 Å². The summed E-state index contributed by atoms with van der Waals surface area (Å²) in [7, 11) is 0. The van der Waals surface area contributed by atoms with E-state index in [1.807, 2.05) is 29.1 Å². The quantitative estimate of drug-likeness (QED) is 0.814. The van der Waals surface area contributed by atoms with Crippen molar-refractivity contribution >= 4 is 28.2 Å². The van der Waals surface area contributed by atoms with Gasteiger partial charge in [-0.3, -0.25) is 14.0 Å². The van der Waals surface area contributed by atoms with Crippen LogP contribution in [0.3, 0.4) is 0 Å². The highest BCUT2D eigenvalue weighted by Crippen LogP contribution is 2.11. The third-order valence-corrected chi connectivity index (χ3v) is 3.69. The third-order valence-electron chi connectivity index (χ3n) is 2.92. The summed E-state index contributed by atoms with van der Waals surface area (Å²) in [6.45, 7) is 1.88.